The maximum atomic E-state index is 11.8. The fourth-order valence-corrected chi connectivity index (χ4v) is 2.49. The van der Waals surface area contributed by atoms with E-state index in [1.165, 1.54) is 22.9 Å². The molecule has 1 heterocycles. The van der Waals surface area contributed by atoms with Gasteiger partial charge in [-0.3, -0.25) is 19.5 Å². The molecule has 116 valence electrons. The molecule has 0 saturated heterocycles. The lowest BCUT2D eigenvalue weighted by molar-refractivity contribution is -0.917. The summed E-state index contributed by atoms with van der Waals surface area (Å²) in [6, 6.07) is 7.75. The van der Waals surface area contributed by atoms with E-state index in [2.05, 4.69) is 0 Å². The van der Waals surface area contributed by atoms with Crippen LogP contribution in [0.5, 0.6) is 0 Å². The van der Waals surface area contributed by atoms with Crippen LogP contribution in [-0.2, 0) is 13.2 Å². The number of nitro groups is 1. The van der Waals surface area contributed by atoms with Crippen LogP contribution >= 0.6 is 23.2 Å². The van der Waals surface area contributed by atoms with Crippen LogP contribution in [0.2, 0.25) is 10.0 Å². The third-order valence-electron chi connectivity index (χ3n) is 3.14. The Labute approximate surface area is 136 Å². The van der Waals surface area contributed by atoms with Crippen LogP contribution in [-0.4, -0.2) is 16.5 Å². The normalized spacial score (nSPS) is 12.1. The molecule has 0 bridgehead atoms. The second-order valence-electron chi connectivity index (χ2n) is 4.96. The number of nitrogens with one attached hydrogen (secondary N) is 1. The topological polar surface area (TPSA) is 69.6 Å². The first kappa shape index (κ1) is 16.5. The Balaban J connectivity index is 2.17. The van der Waals surface area contributed by atoms with Crippen molar-refractivity contribution < 1.29 is 9.82 Å². The molecular weight excluding hydrogens is 329 g/mol. The Hall–Kier alpha value is -1.89. The van der Waals surface area contributed by atoms with Crippen molar-refractivity contribution in [3.8, 4) is 0 Å². The van der Waals surface area contributed by atoms with Crippen LogP contribution in [0.25, 0.3) is 0 Å². The van der Waals surface area contributed by atoms with Crippen molar-refractivity contribution >= 4 is 28.9 Å². The average Bonchev–Trinajstić information content (AvgIpc) is 2.46. The minimum atomic E-state index is -0.529. The third-order valence-corrected chi connectivity index (χ3v) is 4.00. The third kappa shape index (κ3) is 3.85. The summed E-state index contributed by atoms with van der Waals surface area (Å²) < 4.78 is 1.31. The van der Waals surface area contributed by atoms with Crippen molar-refractivity contribution in [1.82, 2.24) is 4.57 Å². The van der Waals surface area contributed by atoms with Crippen molar-refractivity contribution in [3.63, 3.8) is 0 Å². The van der Waals surface area contributed by atoms with E-state index in [4.69, 9.17) is 23.2 Å². The van der Waals surface area contributed by atoms with Gasteiger partial charge in [-0.15, -0.1) is 0 Å². The lowest BCUT2D eigenvalue weighted by Crippen LogP contribution is -3.07. The molecule has 1 atom stereocenters. The van der Waals surface area contributed by atoms with Gasteiger partial charge in [0.2, 0.25) is 0 Å². The van der Waals surface area contributed by atoms with Gasteiger partial charge in [-0.1, -0.05) is 35.3 Å². The van der Waals surface area contributed by atoms with Crippen LogP contribution in [0.3, 0.4) is 0 Å². The Bertz CT molecular complexity index is 761. The smallest absolute Gasteiger partial charge is 0.285 e. The van der Waals surface area contributed by atoms with Crippen molar-refractivity contribution in [2.24, 2.45) is 0 Å². The molecule has 0 amide bonds. The number of hydrogen-bond acceptors (Lipinski definition) is 3. The van der Waals surface area contributed by atoms with Gasteiger partial charge >= 0.3 is 0 Å². The molecule has 1 unspecified atom stereocenters. The predicted molar refractivity (Wildman–Crippen MR) is 84.4 cm³/mol. The number of pyridine rings is 1. The van der Waals surface area contributed by atoms with Crippen LogP contribution in [0.4, 0.5) is 5.69 Å². The van der Waals surface area contributed by atoms with E-state index in [1.807, 2.05) is 13.1 Å². The molecule has 22 heavy (non-hydrogen) atoms. The first-order chi connectivity index (χ1) is 10.4. The van der Waals surface area contributed by atoms with Crippen molar-refractivity contribution in [3.05, 3.63) is 72.6 Å². The van der Waals surface area contributed by atoms with Gasteiger partial charge in [0.1, 0.15) is 6.54 Å². The fraction of sp³-hybridized carbons (Fsp3) is 0.214. The van der Waals surface area contributed by atoms with E-state index in [1.54, 1.807) is 12.1 Å². The highest BCUT2D eigenvalue weighted by atomic mass is 35.5. The van der Waals surface area contributed by atoms with Gasteiger partial charge < -0.3 is 4.90 Å². The Morgan fingerprint density at radius 2 is 2.00 bits per heavy atom. The molecule has 0 aliphatic carbocycles. The van der Waals surface area contributed by atoms with Gasteiger partial charge in [-0.05, 0) is 6.07 Å². The summed E-state index contributed by atoms with van der Waals surface area (Å²) >= 11 is 12.1. The molecule has 1 N–H and O–H groups in total. The van der Waals surface area contributed by atoms with Crippen molar-refractivity contribution in [2.75, 3.05) is 7.05 Å². The molecule has 6 nitrogen and oxygen atoms in total. The molecule has 0 aliphatic heterocycles. The maximum absolute atomic E-state index is 11.8. The number of benzene rings is 1. The molecule has 1 aromatic carbocycles. The molecule has 1 aromatic heterocycles. The highest BCUT2D eigenvalue weighted by Gasteiger charge is 2.13. The molecule has 2 aromatic rings. The van der Waals surface area contributed by atoms with Gasteiger partial charge in [-0.25, -0.2) is 0 Å². The van der Waals surface area contributed by atoms with Gasteiger partial charge in [0.25, 0.3) is 11.2 Å². The van der Waals surface area contributed by atoms with Gasteiger partial charge in [-0.2, -0.15) is 0 Å². The molecule has 0 spiro atoms. The largest absolute Gasteiger partial charge is 0.316 e. The number of aromatic nitrogens is 1. The molecule has 0 fully saturated rings. The van der Waals surface area contributed by atoms with E-state index < -0.39 is 4.92 Å². The van der Waals surface area contributed by atoms with Crippen LogP contribution in [0.15, 0.2) is 41.3 Å². The van der Waals surface area contributed by atoms with E-state index in [0.717, 1.165) is 10.5 Å². The maximum Gasteiger partial charge on any atom is 0.285 e. The van der Waals surface area contributed by atoms with E-state index in [0.29, 0.717) is 16.6 Å². The zero-order valence-electron chi connectivity index (χ0n) is 11.8. The minimum absolute atomic E-state index is 0.117. The summed E-state index contributed by atoms with van der Waals surface area (Å²) in [7, 11) is 1.86. The summed E-state index contributed by atoms with van der Waals surface area (Å²) in [6.45, 7) is 0.817. The molecule has 8 heteroatoms. The Morgan fingerprint density at radius 3 is 2.68 bits per heavy atom. The standard InChI is InChI=1S/C14H13Cl2N3O3/c1-17(7-10-3-2-4-12(15)14(10)16)9-18-8-11(19(21)22)5-6-13(18)20/h2-6,8H,7,9H2,1H3/p+1. The molecule has 0 saturated carbocycles. The highest BCUT2D eigenvalue weighted by molar-refractivity contribution is 6.42. The van der Waals surface area contributed by atoms with Crippen molar-refractivity contribution in [2.45, 2.75) is 13.2 Å². The summed E-state index contributed by atoms with van der Waals surface area (Å²) in [6.07, 6.45) is 1.24. The van der Waals surface area contributed by atoms with Gasteiger partial charge in [0.05, 0.1) is 28.2 Å². The lowest BCUT2D eigenvalue weighted by atomic mass is 10.2. The van der Waals surface area contributed by atoms with E-state index in [-0.39, 0.29) is 17.9 Å². The second-order valence-corrected chi connectivity index (χ2v) is 5.74. The quantitative estimate of drug-likeness (QED) is 0.664. The zero-order chi connectivity index (χ0) is 16.3. The number of rotatable bonds is 5. The number of hydrogen-bond donors (Lipinski definition) is 1. The predicted octanol–water partition coefficient (Wildman–Crippen LogP) is 1.74. The van der Waals surface area contributed by atoms with Crippen LogP contribution < -0.4 is 10.5 Å². The monoisotopic (exact) mass is 342 g/mol. The summed E-state index contributed by atoms with van der Waals surface area (Å²) in [5.74, 6) is 0. The average molecular weight is 343 g/mol. The Kier molecular flexibility index (Phi) is 5.18. The van der Waals surface area contributed by atoms with Gasteiger partial charge in [0, 0.05) is 17.7 Å². The van der Waals surface area contributed by atoms with Crippen LogP contribution in [0, 0.1) is 10.1 Å². The Morgan fingerprint density at radius 1 is 1.27 bits per heavy atom. The molecule has 0 aliphatic rings. The van der Waals surface area contributed by atoms with Gasteiger partial charge in [0.15, 0.2) is 6.67 Å². The first-order valence-electron chi connectivity index (χ1n) is 6.47. The first-order valence-corrected chi connectivity index (χ1v) is 7.23. The summed E-state index contributed by atoms with van der Waals surface area (Å²) in [5, 5.41) is 11.7. The number of nitrogens with zero attached hydrogens (tertiary/aromatic N) is 2. The minimum Gasteiger partial charge on any atom is -0.316 e. The zero-order valence-corrected chi connectivity index (χ0v) is 13.3. The highest BCUT2D eigenvalue weighted by Crippen LogP contribution is 2.24. The SMILES string of the molecule is C[NH+](Cc1cccc(Cl)c1Cl)Cn1cc([N+](=O)[O-])ccc1=O. The van der Waals surface area contributed by atoms with E-state index in [9.17, 15) is 14.9 Å². The second kappa shape index (κ2) is 6.91. The fourth-order valence-electron chi connectivity index (χ4n) is 2.11. The number of quaternary nitrogens is 1. The molecule has 0 radical (unpaired) electrons. The lowest BCUT2D eigenvalue weighted by Gasteiger charge is -2.16. The molecular formula is C14H14Cl2N3O3+. The van der Waals surface area contributed by atoms with Crippen molar-refractivity contribution in [1.29, 1.82) is 0 Å². The summed E-state index contributed by atoms with van der Waals surface area (Å²) in [5.41, 5.74) is 0.445. The number of halogens is 2. The summed E-state index contributed by atoms with van der Waals surface area (Å²) in [4.78, 5) is 23.0. The molecule has 2 rings (SSSR count). The van der Waals surface area contributed by atoms with E-state index >= 15 is 0 Å². The van der Waals surface area contributed by atoms with Crippen LogP contribution in [0.1, 0.15) is 5.56 Å².